The van der Waals surface area contributed by atoms with Gasteiger partial charge >= 0.3 is 12.4 Å². The van der Waals surface area contributed by atoms with Crippen LogP contribution < -0.4 is 5.73 Å². The van der Waals surface area contributed by atoms with Crippen molar-refractivity contribution in [3.8, 4) is 0 Å². The van der Waals surface area contributed by atoms with Crippen molar-refractivity contribution in [2.45, 2.75) is 37.7 Å². The van der Waals surface area contributed by atoms with Crippen LogP contribution in [0.1, 0.15) is 35.6 Å². The van der Waals surface area contributed by atoms with Gasteiger partial charge < -0.3 is 10.5 Å². The Hall–Kier alpha value is -2.06. The molecule has 0 bridgehead atoms. The summed E-state index contributed by atoms with van der Waals surface area (Å²) in [6.45, 7) is 1.98. The fraction of sp³-hybridized carbons (Fsp3) is 0.400. The number of nitrogens with two attached hydrogens (primary N) is 1. The van der Waals surface area contributed by atoms with E-state index < -0.39 is 28.9 Å². The van der Waals surface area contributed by atoms with Gasteiger partial charge in [0.25, 0.3) is 0 Å². The highest BCUT2D eigenvalue weighted by molar-refractivity contribution is 5.33. The zero-order valence-electron chi connectivity index (χ0n) is 15.2. The van der Waals surface area contributed by atoms with Crippen LogP contribution in [0.15, 0.2) is 48.5 Å². The Morgan fingerprint density at radius 1 is 0.821 bits per heavy atom. The molecule has 2 N–H and O–H groups in total. The third kappa shape index (κ3) is 5.72. The Balaban J connectivity index is 2.21. The van der Waals surface area contributed by atoms with E-state index in [0.717, 1.165) is 5.56 Å². The molecule has 2 rings (SSSR count). The molecule has 8 heteroatoms. The van der Waals surface area contributed by atoms with E-state index in [-0.39, 0.29) is 24.8 Å². The molecule has 0 aliphatic rings. The summed E-state index contributed by atoms with van der Waals surface area (Å²) >= 11 is 0. The monoisotopic (exact) mass is 405 g/mol. The quantitative estimate of drug-likeness (QED) is 0.614. The molecule has 0 radical (unpaired) electrons. The van der Waals surface area contributed by atoms with Crippen LogP contribution in [-0.2, 0) is 29.1 Å². The van der Waals surface area contributed by atoms with Gasteiger partial charge in [-0.05, 0) is 42.3 Å². The van der Waals surface area contributed by atoms with Gasteiger partial charge in [-0.1, -0.05) is 37.3 Å². The fourth-order valence-electron chi connectivity index (χ4n) is 2.96. The summed E-state index contributed by atoms with van der Waals surface area (Å²) in [7, 11) is 0. The van der Waals surface area contributed by atoms with E-state index in [1.807, 2.05) is 37.3 Å². The molecule has 2 nitrogen and oxygen atoms in total. The van der Waals surface area contributed by atoms with Crippen LogP contribution in [-0.4, -0.2) is 13.2 Å². The maximum atomic E-state index is 12.9. The number of rotatable bonds is 7. The second-order valence-electron chi connectivity index (χ2n) is 6.87. The Labute approximate surface area is 159 Å². The molecular formula is C20H21F6NO. The van der Waals surface area contributed by atoms with Gasteiger partial charge in [-0.3, -0.25) is 0 Å². The van der Waals surface area contributed by atoms with Gasteiger partial charge in [0.1, 0.15) is 0 Å². The summed E-state index contributed by atoms with van der Waals surface area (Å²) in [6, 6.07) is 10.7. The summed E-state index contributed by atoms with van der Waals surface area (Å²) in [5.74, 6) is 0. The van der Waals surface area contributed by atoms with Crippen LogP contribution in [0, 0.1) is 0 Å². The lowest BCUT2D eigenvalue weighted by Gasteiger charge is -2.29. The SMILES string of the molecule is CC(CCN)(COCc1cc(C(F)(F)F)cc(C(F)(F)F)c1)c1ccccc1. The van der Waals surface area contributed by atoms with Crippen molar-refractivity contribution in [3.63, 3.8) is 0 Å². The predicted octanol–water partition coefficient (Wildman–Crippen LogP) is 5.55. The predicted molar refractivity (Wildman–Crippen MR) is 93.6 cm³/mol. The summed E-state index contributed by atoms with van der Waals surface area (Å²) in [5, 5.41) is 0. The van der Waals surface area contributed by atoms with Crippen molar-refractivity contribution in [1.82, 2.24) is 0 Å². The Kier molecular flexibility index (Phi) is 6.77. The van der Waals surface area contributed by atoms with Gasteiger partial charge in [-0.2, -0.15) is 26.3 Å². The van der Waals surface area contributed by atoms with Crippen molar-refractivity contribution >= 4 is 0 Å². The van der Waals surface area contributed by atoms with E-state index in [1.165, 1.54) is 0 Å². The maximum Gasteiger partial charge on any atom is 0.416 e. The van der Waals surface area contributed by atoms with E-state index >= 15 is 0 Å². The highest BCUT2D eigenvalue weighted by atomic mass is 19.4. The van der Waals surface area contributed by atoms with E-state index in [1.54, 1.807) is 0 Å². The number of benzene rings is 2. The second kappa shape index (κ2) is 8.53. The number of hydrogen-bond acceptors (Lipinski definition) is 2. The second-order valence-corrected chi connectivity index (χ2v) is 6.87. The minimum absolute atomic E-state index is 0.103. The molecule has 2 aromatic rings. The molecule has 0 aromatic heterocycles. The fourth-order valence-corrected chi connectivity index (χ4v) is 2.96. The van der Waals surface area contributed by atoms with E-state index in [9.17, 15) is 26.3 Å². The molecule has 1 unspecified atom stereocenters. The number of hydrogen-bond donors (Lipinski definition) is 1. The Morgan fingerprint density at radius 2 is 1.36 bits per heavy atom. The number of alkyl halides is 6. The number of ether oxygens (including phenoxy) is 1. The largest absolute Gasteiger partial charge is 0.416 e. The Bertz CT molecular complexity index is 740. The van der Waals surface area contributed by atoms with Crippen molar-refractivity contribution in [2.24, 2.45) is 5.73 Å². The average molecular weight is 405 g/mol. The van der Waals surface area contributed by atoms with Gasteiger partial charge in [0.15, 0.2) is 0 Å². The van der Waals surface area contributed by atoms with Crippen LogP contribution >= 0.6 is 0 Å². The smallest absolute Gasteiger partial charge is 0.376 e. The van der Waals surface area contributed by atoms with E-state index in [2.05, 4.69) is 0 Å². The van der Waals surface area contributed by atoms with Crippen molar-refractivity contribution in [3.05, 3.63) is 70.8 Å². The van der Waals surface area contributed by atoms with Crippen molar-refractivity contribution < 1.29 is 31.1 Å². The van der Waals surface area contributed by atoms with Gasteiger partial charge in [0.05, 0.1) is 24.3 Å². The molecular weight excluding hydrogens is 384 g/mol. The first-order chi connectivity index (χ1) is 13.0. The molecule has 154 valence electrons. The molecule has 28 heavy (non-hydrogen) atoms. The van der Waals surface area contributed by atoms with Gasteiger partial charge in [-0.15, -0.1) is 0 Å². The molecule has 0 aliphatic carbocycles. The topological polar surface area (TPSA) is 35.2 Å². The molecule has 0 aliphatic heterocycles. The van der Waals surface area contributed by atoms with Gasteiger partial charge in [-0.25, -0.2) is 0 Å². The molecule has 1 atom stereocenters. The van der Waals surface area contributed by atoms with Crippen molar-refractivity contribution in [2.75, 3.05) is 13.2 Å². The minimum atomic E-state index is -4.88. The summed E-state index contributed by atoms with van der Waals surface area (Å²) in [4.78, 5) is 0. The highest BCUT2D eigenvalue weighted by Gasteiger charge is 2.37. The third-order valence-corrected chi connectivity index (χ3v) is 4.50. The third-order valence-electron chi connectivity index (χ3n) is 4.50. The standard InChI is InChI=1S/C20H21F6NO/c1-18(7-8-27,15-5-3-2-4-6-15)13-28-12-14-9-16(19(21,22)23)11-17(10-14)20(24,25)26/h2-6,9-11H,7-8,12-13,27H2,1H3. The molecule has 0 fully saturated rings. The highest BCUT2D eigenvalue weighted by Crippen LogP contribution is 2.36. The first-order valence-electron chi connectivity index (χ1n) is 8.57. The van der Waals surface area contributed by atoms with Crippen LogP contribution in [0.4, 0.5) is 26.3 Å². The van der Waals surface area contributed by atoms with Crippen LogP contribution in [0.25, 0.3) is 0 Å². The van der Waals surface area contributed by atoms with E-state index in [4.69, 9.17) is 10.5 Å². The lowest BCUT2D eigenvalue weighted by Crippen LogP contribution is -2.31. The van der Waals surface area contributed by atoms with Crippen LogP contribution in [0.2, 0.25) is 0 Å². The summed E-state index contributed by atoms with van der Waals surface area (Å²) in [6.07, 6.45) is -9.21. The van der Waals surface area contributed by atoms with E-state index in [0.29, 0.717) is 25.1 Å². The molecule has 0 saturated heterocycles. The normalized spacial score (nSPS) is 14.7. The summed E-state index contributed by atoms with van der Waals surface area (Å²) < 4.78 is 83.2. The molecule has 0 saturated carbocycles. The number of halogens is 6. The molecule has 0 heterocycles. The zero-order chi connectivity index (χ0) is 21.0. The van der Waals surface area contributed by atoms with Gasteiger partial charge in [0, 0.05) is 5.41 Å². The Morgan fingerprint density at radius 3 is 1.82 bits per heavy atom. The lowest BCUT2D eigenvalue weighted by atomic mass is 9.80. The average Bonchev–Trinajstić information content (AvgIpc) is 2.61. The zero-order valence-corrected chi connectivity index (χ0v) is 15.2. The summed E-state index contributed by atoms with van der Waals surface area (Å²) in [5.41, 5.74) is 3.19. The molecule has 0 spiro atoms. The van der Waals surface area contributed by atoms with Crippen molar-refractivity contribution in [1.29, 1.82) is 0 Å². The minimum Gasteiger partial charge on any atom is -0.376 e. The first kappa shape index (κ1) is 22.2. The lowest BCUT2D eigenvalue weighted by molar-refractivity contribution is -0.143. The first-order valence-corrected chi connectivity index (χ1v) is 8.57. The van der Waals surface area contributed by atoms with Crippen LogP contribution in [0.5, 0.6) is 0 Å². The van der Waals surface area contributed by atoms with Crippen LogP contribution in [0.3, 0.4) is 0 Å². The van der Waals surface area contributed by atoms with Gasteiger partial charge in [0.2, 0.25) is 0 Å². The molecule has 2 aromatic carbocycles. The maximum absolute atomic E-state index is 12.9. The molecule has 0 amide bonds.